The first-order valence-electron chi connectivity index (χ1n) is 5.19. The molecule has 0 aromatic carbocycles. The monoisotopic (exact) mass is 181 g/mol. The Hall–Kier alpha value is -0.520. The van der Waals surface area contributed by atoms with Crippen LogP contribution in [0.3, 0.4) is 0 Å². The first kappa shape index (κ1) is 10.6. The van der Waals surface area contributed by atoms with Gasteiger partial charge in [0.25, 0.3) is 0 Å². The summed E-state index contributed by atoms with van der Waals surface area (Å²) >= 11 is 0. The van der Waals surface area contributed by atoms with Crippen molar-refractivity contribution < 1.29 is 4.74 Å². The van der Waals surface area contributed by atoms with Crippen molar-refractivity contribution in [3.05, 3.63) is 0 Å². The van der Waals surface area contributed by atoms with Gasteiger partial charge in [-0.2, -0.15) is 0 Å². The molecule has 0 amide bonds. The van der Waals surface area contributed by atoms with Crippen molar-refractivity contribution in [2.24, 2.45) is 0 Å². The summed E-state index contributed by atoms with van der Waals surface area (Å²) in [5, 5.41) is 3.37. The van der Waals surface area contributed by atoms with Crippen LogP contribution in [0.25, 0.3) is 0 Å². The third kappa shape index (κ3) is 4.92. The Bertz CT molecular complexity index is 156. The largest absolute Gasteiger partial charge is 0.378 e. The van der Waals surface area contributed by atoms with E-state index >= 15 is 0 Å². The highest BCUT2D eigenvalue weighted by Gasteiger charge is 2.13. The van der Waals surface area contributed by atoms with Crippen molar-refractivity contribution in [2.45, 2.75) is 38.2 Å². The van der Waals surface area contributed by atoms with Crippen LogP contribution in [0.1, 0.15) is 32.1 Å². The Morgan fingerprint density at radius 1 is 1.46 bits per heavy atom. The second-order valence-electron chi connectivity index (χ2n) is 3.48. The van der Waals surface area contributed by atoms with Crippen molar-refractivity contribution in [3.63, 3.8) is 0 Å². The molecule has 0 aromatic rings. The molecular weight excluding hydrogens is 162 g/mol. The number of terminal acetylenes is 1. The first-order chi connectivity index (χ1) is 6.43. The molecule has 0 aromatic heterocycles. The molecule has 13 heavy (non-hydrogen) atoms. The zero-order valence-corrected chi connectivity index (χ0v) is 8.22. The van der Waals surface area contributed by atoms with E-state index in [1.165, 1.54) is 12.8 Å². The maximum absolute atomic E-state index is 5.51. The van der Waals surface area contributed by atoms with Crippen molar-refractivity contribution in [3.8, 4) is 12.3 Å². The highest BCUT2D eigenvalue weighted by atomic mass is 16.5. The van der Waals surface area contributed by atoms with Crippen LogP contribution in [0.4, 0.5) is 0 Å². The Balaban J connectivity index is 1.81. The van der Waals surface area contributed by atoms with E-state index in [1.54, 1.807) is 0 Å². The highest BCUT2D eigenvalue weighted by molar-refractivity contribution is 4.83. The fourth-order valence-electron chi connectivity index (χ4n) is 1.58. The quantitative estimate of drug-likeness (QED) is 0.496. The predicted molar refractivity (Wildman–Crippen MR) is 54.5 cm³/mol. The third-order valence-corrected chi connectivity index (χ3v) is 2.34. The van der Waals surface area contributed by atoms with Gasteiger partial charge in [-0.05, 0) is 38.8 Å². The maximum atomic E-state index is 5.51. The van der Waals surface area contributed by atoms with Crippen LogP contribution >= 0.6 is 0 Å². The molecule has 0 radical (unpaired) electrons. The Morgan fingerprint density at radius 3 is 3.08 bits per heavy atom. The molecule has 0 spiro atoms. The van der Waals surface area contributed by atoms with E-state index in [9.17, 15) is 0 Å². The average molecular weight is 181 g/mol. The van der Waals surface area contributed by atoms with E-state index in [4.69, 9.17) is 11.2 Å². The molecule has 1 fully saturated rings. The Morgan fingerprint density at radius 2 is 2.38 bits per heavy atom. The number of ether oxygens (including phenoxy) is 1. The molecule has 1 aliphatic heterocycles. The molecule has 1 aliphatic rings. The van der Waals surface area contributed by atoms with Crippen LogP contribution < -0.4 is 5.32 Å². The van der Waals surface area contributed by atoms with Crippen LogP contribution in [0.5, 0.6) is 0 Å². The summed E-state index contributed by atoms with van der Waals surface area (Å²) in [5.74, 6) is 2.64. The van der Waals surface area contributed by atoms with Crippen LogP contribution in [0.2, 0.25) is 0 Å². The maximum Gasteiger partial charge on any atom is 0.0588 e. The van der Waals surface area contributed by atoms with E-state index in [0.717, 1.165) is 39.0 Å². The summed E-state index contributed by atoms with van der Waals surface area (Å²) in [5.41, 5.74) is 0. The van der Waals surface area contributed by atoms with Gasteiger partial charge in [-0.25, -0.2) is 0 Å². The second kappa shape index (κ2) is 6.94. The summed E-state index contributed by atoms with van der Waals surface area (Å²) in [6, 6.07) is 0. The topological polar surface area (TPSA) is 21.3 Å². The minimum absolute atomic E-state index is 0.514. The second-order valence-corrected chi connectivity index (χ2v) is 3.48. The number of hydrogen-bond acceptors (Lipinski definition) is 2. The summed E-state index contributed by atoms with van der Waals surface area (Å²) in [4.78, 5) is 0. The normalized spacial score (nSPS) is 21.6. The molecule has 74 valence electrons. The molecule has 1 rings (SSSR count). The van der Waals surface area contributed by atoms with Gasteiger partial charge in [0, 0.05) is 13.0 Å². The van der Waals surface area contributed by atoms with Crippen molar-refractivity contribution >= 4 is 0 Å². The Labute approximate surface area is 81.0 Å². The van der Waals surface area contributed by atoms with Crippen LogP contribution in [0, 0.1) is 12.3 Å². The lowest BCUT2D eigenvalue weighted by Gasteiger charge is -2.09. The minimum atomic E-state index is 0.514. The van der Waals surface area contributed by atoms with E-state index in [2.05, 4.69) is 11.2 Å². The van der Waals surface area contributed by atoms with Crippen LogP contribution in [0.15, 0.2) is 0 Å². The summed E-state index contributed by atoms with van der Waals surface area (Å²) in [7, 11) is 0. The third-order valence-electron chi connectivity index (χ3n) is 2.34. The highest BCUT2D eigenvalue weighted by Crippen LogP contribution is 2.14. The average Bonchev–Trinajstić information content (AvgIpc) is 2.63. The van der Waals surface area contributed by atoms with Gasteiger partial charge in [0.15, 0.2) is 0 Å². The lowest BCUT2D eigenvalue weighted by atomic mass is 10.2. The van der Waals surface area contributed by atoms with E-state index in [-0.39, 0.29) is 0 Å². The molecule has 0 saturated carbocycles. The summed E-state index contributed by atoms with van der Waals surface area (Å²) in [6.45, 7) is 3.06. The zero-order chi connectivity index (χ0) is 9.36. The molecule has 0 bridgehead atoms. The fourth-order valence-corrected chi connectivity index (χ4v) is 1.58. The Kier molecular flexibility index (Phi) is 5.64. The van der Waals surface area contributed by atoms with Gasteiger partial charge < -0.3 is 10.1 Å². The molecule has 1 N–H and O–H groups in total. The number of nitrogens with one attached hydrogen (secondary N) is 1. The SMILES string of the molecule is C#CCCCNCCC1CCCO1. The van der Waals surface area contributed by atoms with Gasteiger partial charge in [0.1, 0.15) is 0 Å². The van der Waals surface area contributed by atoms with Gasteiger partial charge in [-0.15, -0.1) is 12.3 Å². The molecule has 0 aliphatic carbocycles. The summed E-state index contributed by atoms with van der Waals surface area (Å²) in [6.07, 6.45) is 11.3. The molecule has 1 heterocycles. The van der Waals surface area contributed by atoms with Crippen molar-refractivity contribution in [2.75, 3.05) is 19.7 Å². The van der Waals surface area contributed by atoms with Crippen molar-refractivity contribution in [1.29, 1.82) is 0 Å². The standard InChI is InChI=1S/C11H19NO/c1-2-3-4-8-12-9-7-11-6-5-10-13-11/h1,11-12H,3-10H2. The van der Waals surface area contributed by atoms with Gasteiger partial charge in [-0.3, -0.25) is 0 Å². The van der Waals surface area contributed by atoms with E-state index in [1.807, 2.05) is 0 Å². The van der Waals surface area contributed by atoms with Crippen LogP contribution in [-0.2, 0) is 4.74 Å². The lowest BCUT2D eigenvalue weighted by molar-refractivity contribution is 0.104. The van der Waals surface area contributed by atoms with Gasteiger partial charge in [0.2, 0.25) is 0 Å². The fraction of sp³-hybridized carbons (Fsp3) is 0.818. The van der Waals surface area contributed by atoms with E-state index in [0.29, 0.717) is 6.10 Å². The molecule has 2 heteroatoms. The smallest absolute Gasteiger partial charge is 0.0588 e. The zero-order valence-electron chi connectivity index (χ0n) is 8.22. The van der Waals surface area contributed by atoms with Gasteiger partial charge in [0.05, 0.1) is 6.10 Å². The number of hydrogen-bond donors (Lipinski definition) is 1. The first-order valence-corrected chi connectivity index (χ1v) is 5.19. The van der Waals surface area contributed by atoms with Crippen molar-refractivity contribution in [1.82, 2.24) is 5.32 Å². The number of rotatable bonds is 6. The van der Waals surface area contributed by atoms with Crippen LogP contribution in [-0.4, -0.2) is 25.8 Å². The number of unbranched alkanes of at least 4 members (excludes halogenated alkanes) is 1. The van der Waals surface area contributed by atoms with Gasteiger partial charge >= 0.3 is 0 Å². The molecule has 2 nitrogen and oxygen atoms in total. The predicted octanol–water partition coefficient (Wildman–Crippen LogP) is 1.56. The lowest BCUT2D eigenvalue weighted by Crippen LogP contribution is -2.21. The minimum Gasteiger partial charge on any atom is -0.378 e. The molecule has 1 saturated heterocycles. The summed E-state index contributed by atoms with van der Waals surface area (Å²) < 4.78 is 5.51. The molecule has 1 unspecified atom stereocenters. The molecule has 1 atom stereocenters. The van der Waals surface area contributed by atoms with Gasteiger partial charge in [-0.1, -0.05) is 0 Å². The van der Waals surface area contributed by atoms with E-state index < -0.39 is 0 Å². The molecular formula is C11H19NO.